The molecular formula is C43H40N2O4. The number of rotatable bonds is 12. The van der Waals surface area contributed by atoms with Crippen LogP contribution in [0.25, 0.3) is 43.1 Å². The van der Waals surface area contributed by atoms with Crippen LogP contribution in [-0.2, 0) is 0 Å². The van der Waals surface area contributed by atoms with Gasteiger partial charge in [-0.1, -0.05) is 108 Å². The van der Waals surface area contributed by atoms with Gasteiger partial charge >= 0.3 is 0 Å². The van der Waals surface area contributed by atoms with Gasteiger partial charge in [0.05, 0.1) is 5.69 Å². The third kappa shape index (κ3) is 4.75. The summed E-state index contributed by atoms with van der Waals surface area (Å²) in [4.78, 5) is 59.4. The van der Waals surface area contributed by atoms with Gasteiger partial charge in [-0.25, -0.2) is 4.90 Å². The zero-order valence-electron chi connectivity index (χ0n) is 28.2. The molecule has 0 spiro atoms. The van der Waals surface area contributed by atoms with Crippen LogP contribution in [0.15, 0.2) is 78.9 Å². The fraction of sp³-hybridized carbons (Fsp3) is 0.302. The van der Waals surface area contributed by atoms with Crippen molar-refractivity contribution in [3.63, 3.8) is 0 Å². The minimum absolute atomic E-state index is 0.119. The number of hydrogen-bond acceptors (Lipinski definition) is 4. The second-order valence-electron chi connectivity index (χ2n) is 13.8. The Labute approximate surface area is 286 Å². The molecule has 4 amide bonds. The van der Waals surface area contributed by atoms with E-state index in [-0.39, 0.29) is 29.7 Å². The van der Waals surface area contributed by atoms with E-state index in [1.54, 1.807) is 17.0 Å². The lowest BCUT2D eigenvalue weighted by Gasteiger charge is -2.35. The van der Waals surface area contributed by atoms with Crippen molar-refractivity contribution in [1.29, 1.82) is 0 Å². The van der Waals surface area contributed by atoms with Crippen LogP contribution in [0.4, 0.5) is 5.69 Å². The zero-order chi connectivity index (χ0) is 33.8. The molecule has 0 aromatic heterocycles. The van der Waals surface area contributed by atoms with Gasteiger partial charge in [0, 0.05) is 39.1 Å². The Balaban J connectivity index is 1.27. The van der Waals surface area contributed by atoms with Crippen LogP contribution >= 0.6 is 0 Å². The van der Waals surface area contributed by atoms with Gasteiger partial charge in [0.25, 0.3) is 23.6 Å². The predicted molar refractivity (Wildman–Crippen MR) is 197 cm³/mol. The summed E-state index contributed by atoms with van der Waals surface area (Å²) < 4.78 is 0. The lowest BCUT2D eigenvalue weighted by atomic mass is 9.82. The highest BCUT2D eigenvalue weighted by atomic mass is 16.2. The first-order chi connectivity index (χ1) is 24.0. The van der Waals surface area contributed by atoms with E-state index in [1.807, 2.05) is 66.7 Å². The van der Waals surface area contributed by atoms with Crippen molar-refractivity contribution in [1.82, 2.24) is 4.90 Å². The first-order valence-corrected chi connectivity index (χ1v) is 18.0. The minimum atomic E-state index is -0.348. The molecule has 2 heterocycles. The molecule has 0 aliphatic carbocycles. The highest BCUT2D eigenvalue weighted by molar-refractivity contribution is 6.43. The van der Waals surface area contributed by atoms with Crippen molar-refractivity contribution in [3.05, 3.63) is 101 Å². The van der Waals surface area contributed by atoms with Crippen LogP contribution in [0.3, 0.4) is 0 Å². The molecule has 0 fully saturated rings. The molecule has 6 aromatic rings. The Bertz CT molecular complexity index is 2170. The number of carbonyl (C=O) groups is 4. The summed E-state index contributed by atoms with van der Waals surface area (Å²) in [6.07, 6.45) is 10.5. The number of carbonyl (C=O) groups excluding carboxylic acids is 4. The Hall–Kier alpha value is -5.10. The van der Waals surface area contributed by atoms with Crippen LogP contribution in [-0.4, -0.2) is 34.6 Å². The SMILES string of the molecule is CCCCCCC(CCCCCC)N1C(=O)c2ccc3c4ccc5c6c(ccc(c7ccc(c2c37)C1=O)c64)C(=O)N(c1ccccc1)C5=O. The largest absolute Gasteiger partial charge is 0.271 e. The second kappa shape index (κ2) is 12.4. The van der Waals surface area contributed by atoms with E-state index in [1.165, 1.54) is 4.90 Å². The van der Waals surface area contributed by atoms with Crippen LogP contribution in [0.2, 0.25) is 0 Å². The number of benzene rings is 6. The van der Waals surface area contributed by atoms with Crippen LogP contribution in [0.1, 0.15) is 119 Å². The average molecular weight is 649 g/mol. The van der Waals surface area contributed by atoms with Crippen molar-refractivity contribution in [2.45, 2.75) is 84.1 Å². The molecule has 0 atom stereocenters. The van der Waals surface area contributed by atoms with E-state index in [0.717, 1.165) is 96.5 Å². The summed E-state index contributed by atoms with van der Waals surface area (Å²) >= 11 is 0. The molecule has 6 aromatic carbocycles. The highest BCUT2D eigenvalue weighted by Crippen LogP contribution is 2.47. The number of imide groups is 2. The maximum Gasteiger partial charge on any atom is 0.265 e. The summed E-state index contributed by atoms with van der Waals surface area (Å²) in [5.74, 6) is -1.10. The minimum Gasteiger partial charge on any atom is -0.271 e. The van der Waals surface area contributed by atoms with E-state index in [4.69, 9.17) is 0 Å². The maximum absolute atomic E-state index is 14.4. The summed E-state index contributed by atoms with van der Waals surface area (Å²) in [6, 6.07) is 24.2. The summed E-state index contributed by atoms with van der Waals surface area (Å²) in [6.45, 7) is 4.39. The van der Waals surface area contributed by atoms with Gasteiger partial charge < -0.3 is 0 Å². The Morgan fingerprint density at radius 1 is 0.449 bits per heavy atom. The fourth-order valence-corrected chi connectivity index (χ4v) is 8.45. The van der Waals surface area contributed by atoms with E-state index in [2.05, 4.69) is 13.8 Å². The standard InChI is InChI=1S/C43H40N2O4/c1-3-5-7-10-14-26(15-11-8-6-4-2)44-40(46)32-22-18-28-30-20-24-34-39-35(43(49)45(42(34)48)27-16-12-9-13-17-27)25-21-31(37(30)39)29-19-23-33(41(44)47)38(32)36(28)29/h9,12-13,16-26H,3-8,10-11,14-15H2,1-2H3. The summed E-state index contributed by atoms with van der Waals surface area (Å²) in [7, 11) is 0. The molecule has 8 rings (SSSR count). The third-order valence-corrected chi connectivity index (χ3v) is 10.8. The molecule has 246 valence electrons. The van der Waals surface area contributed by atoms with Gasteiger partial charge in [0.15, 0.2) is 0 Å². The van der Waals surface area contributed by atoms with Crippen molar-refractivity contribution in [3.8, 4) is 0 Å². The summed E-state index contributed by atoms with van der Waals surface area (Å²) in [5.41, 5.74) is 2.64. The number of nitrogens with zero attached hydrogens (tertiary/aromatic N) is 2. The van der Waals surface area contributed by atoms with Gasteiger partial charge in [-0.2, -0.15) is 0 Å². The molecule has 2 aliphatic heterocycles. The van der Waals surface area contributed by atoms with Crippen LogP contribution < -0.4 is 4.90 Å². The first-order valence-electron chi connectivity index (χ1n) is 18.0. The topological polar surface area (TPSA) is 74.8 Å². The number of amides is 4. The van der Waals surface area contributed by atoms with E-state index < -0.39 is 0 Å². The molecule has 0 saturated heterocycles. The number of para-hydroxylation sites is 1. The lowest BCUT2D eigenvalue weighted by molar-refractivity contribution is 0.0516. The van der Waals surface area contributed by atoms with Gasteiger partial charge in [0.2, 0.25) is 0 Å². The van der Waals surface area contributed by atoms with Crippen molar-refractivity contribution in [2.75, 3.05) is 4.90 Å². The van der Waals surface area contributed by atoms with Crippen LogP contribution in [0.5, 0.6) is 0 Å². The van der Waals surface area contributed by atoms with Gasteiger partial charge in [-0.05, 0) is 81.6 Å². The van der Waals surface area contributed by atoms with Gasteiger partial charge in [0.1, 0.15) is 0 Å². The first kappa shape index (κ1) is 31.2. The van der Waals surface area contributed by atoms with Gasteiger partial charge in [-0.3, -0.25) is 24.1 Å². The molecule has 0 N–H and O–H groups in total. The summed E-state index contributed by atoms with van der Waals surface area (Å²) in [5, 5.41) is 6.70. The molecule has 2 aliphatic rings. The zero-order valence-corrected chi connectivity index (χ0v) is 28.2. The quantitative estimate of drug-likeness (QED) is 0.0573. The molecule has 0 unspecified atom stereocenters. The molecule has 0 radical (unpaired) electrons. The lowest BCUT2D eigenvalue weighted by Crippen LogP contribution is -2.47. The van der Waals surface area contributed by atoms with Crippen molar-refractivity contribution >= 4 is 72.4 Å². The number of fused-ring (bicyclic) bond motifs is 2. The number of anilines is 1. The third-order valence-electron chi connectivity index (χ3n) is 10.8. The van der Waals surface area contributed by atoms with E-state index in [9.17, 15) is 19.2 Å². The number of hydrogen-bond donors (Lipinski definition) is 0. The highest BCUT2D eigenvalue weighted by Gasteiger charge is 2.39. The number of unbranched alkanes of at least 4 members (excludes halogenated alkanes) is 6. The smallest absolute Gasteiger partial charge is 0.265 e. The Kier molecular flexibility index (Phi) is 7.90. The Morgan fingerprint density at radius 2 is 0.857 bits per heavy atom. The van der Waals surface area contributed by atoms with Crippen molar-refractivity contribution in [2.24, 2.45) is 0 Å². The predicted octanol–water partition coefficient (Wildman–Crippen LogP) is 10.4. The average Bonchev–Trinajstić information content (AvgIpc) is 3.12. The maximum atomic E-state index is 14.4. The van der Waals surface area contributed by atoms with E-state index >= 15 is 0 Å². The van der Waals surface area contributed by atoms with E-state index in [0.29, 0.717) is 38.7 Å². The van der Waals surface area contributed by atoms with Crippen LogP contribution in [0, 0.1) is 0 Å². The molecule has 0 bridgehead atoms. The normalized spacial score (nSPS) is 14.6. The molecule has 49 heavy (non-hydrogen) atoms. The molecule has 6 nitrogen and oxygen atoms in total. The monoisotopic (exact) mass is 648 g/mol. The Morgan fingerprint density at radius 3 is 1.27 bits per heavy atom. The molecule has 6 heteroatoms. The molecular weight excluding hydrogens is 608 g/mol. The molecule has 0 saturated carbocycles. The second-order valence-corrected chi connectivity index (χ2v) is 13.8. The van der Waals surface area contributed by atoms with Crippen molar-refractivity contribution < 1.29 is 19.2 Å². The fourth-order valence-electron chi connectivity index (χ4n) is 8.45. The van der Waals surface area contributed by atoms with Gasteiger partial charge in [-0.15, -0.1) is 0 Å².